The van der Waals surface area contributed by atoms with Crippen LogP contribution in [0.25, 0.3) is 10.9 Å². The van der Waals surface area contributed by atoms with Crippen molar-refractivity contribution in [3.63, 3.8) is 0 Å². The second kappa shape index (κ2) is 3.26. The van der Waals surface area contributed by atoms with E-state index in [-0.39, 0.29) is 16.5 Å². The number of benzene rings is 1. The van der Waals surface area contributed by atoms with Crippen LogP contribution < -0.4 is 0 Å². The van der Waals surface area contributed by atoms with Gasteiger partial charge in [0.25, 0.3) is 0 Å². The van der Waals surface area contributed by atoms with E-state index in [2.05, 4.69) is 4.98 Å². The van der Waals surface area contributed by atoms with Crippen molar-refractivity contribution in [2.75, 3.05) is 0 Å². The van der Waals surface area contributed by atoms with E-state index >= 15 is 0 Å². The zero-order chi connectivity index (χ0) is 11.9. The van der Waals surface area contributed by atoms with E-state index in [1.54, 1.807) is 0 Å². The number of aromatic nitrogens is 1. The van der Waals surface area contributed by atoms with Crippen LogP contribution in [0.2, 0.25) is 0 Å². The lowest BCUT2D eigenvalue weighted by atomic mass is 10.1. The SMILES string of the molecule is O=C(O)c1cccc2[nH]cc(C(F)(F)F)c12. The minimum Gasteiger partial charge on any atom is -0.478 e. The summed E-state index contributed by atoms with van der Waals surface area (Å²) in [7, 11) is 0. The van der Waals surface area contributed by atoms with Crippen LogP contribution in [0.1, 0.15) is 15.9 Å². The van der Waals surface area contributed by atoms with E-state index in [0.717, 1.165) is 12.3 Å². The molecule has 0 aliphatic rings. The van der Waals surface area contributed by atoms with E-state index in [0.29, 0.717) is 0 Å². The van der Waals surface area contributed by atoms with Gasteiger partial charge in [-0.25, -0.2) is 4.79 Å². The number of alkyl halides is 3. The maximum Gasteiger partial charge on any atom is 0.418 e. The van der Waals surface area contributed by atoms with Crippen molar-refractivity contribution in [1.82, 2.24) is 4.98 Å². The van der Waals surface area contributed by atoms with Gasteiger partial charge in [0.15, 0.2) is 0 Å². The maximum absolute atomic E-state index is 12.6. The van der Waals surface area contributed by atoms with Crippen molar-refractivity contribution < 1.29 is 23.1 Å². The summed E-state index contributed by atoms with van der Waals surface area (Å²) in [5.41, 5.74) is -1.15. The van der Waals surface area contributed by atoms with Gasteiger partial charge < -0.3 is 10.1 Å². The molecule has 0 radical (unpaired) electrons. The lowest BCUT2D eigenvalue weighted by Crippen LogP contribution is -2.06. The molecule has 0 unspecified atom stereocenters. The average molecular weight is 229 g/mol. The van der Waals surface area contributed by atoms with Crippen molar-refractivity contribution in [2.45, 2.75) is 6.18 Å². The minimum atomic E-state index is -4.57. The summed E-state index contributed by atoms with van der Waals surface area (Å²) < 4.78 is 37.7. The number of hydrogen-bond donors (Lipinski definition) is 2. The monoisotopic (exact) mass is 229 g/mol. The molecule has 0 fully saturated rings. The Morgan fingerprint density at radius 2 is 2.00 bits per heavy atom. The molecule has 2 N–H and O–H groups in total. The van der Waals surface area contributed by atoms with E-state index in [1.807, 2.05) is 0 Å². The number of aromatic carboxylic acids is 1. The van der Waals surface area contributed by atoms with Gasteiger partial charge in [-0.15, -0.1) is 0 Å². The number of carbonyl (C=O) groups is 1. The molecule has 2 aromatic rings. The number of rotatable bonds is 1. The van der Waals surface area contributed by atoms with Crippen molar-refractivity contribution in [2.24, 2.45) is 0 Å². The van der Waals surface area contributed by atoms with Crippen LogP contribution >= 0.6 is 0 Å². The summed E-state index contributed by atoms with van der Waals surface area (Å²) in [4.78, 5) is 13.2. The molecular weight excluding hydrogens is 223 g/mol. The molecule has 16 heavy (non-hydrogen) atoms. The van der Waals surface area contributed by atoms with Gasteiger partial charge in [-0.05, 0) is 12.1 Å². The molecule has 0 aliphatic carbocycles. The highest BCUT2D eigenvalue weighted by molar-refractivity contribution is 6.04. The largest absolute Gasteiger partial charge is 0.478 e. The highest BCUT2D eigenvalue weighted by Gasteiger charge is 2.35. The van der Waals surface area contributed by atoms with Crippen LogP contribution in [0.15, 0.2) is 24.4 Å². The first-order chi connectivity index (χ1) is 7.41. The van der Waals surface area contributed by atoms with E-state index in [9.17, 15) is 18.0 Å². The molecule has 0 saturated heterocycles. The molecule has 0 saturated carbocycles. The second-order valence-electron chi connectivity index (χ2n) is 3.23. The standard InChI is InChI=1S/C10H6F3NO2/c11-10(12,13)6-4-14-7-3-1-2-5(8(6)7)9(15)16/h1-4,14H,(H,15,16). The summed E-state index contributed by atoms with van der Waals surface area (Å²) in [5.74, 6) is -1.38. The molecule has 0 amide bonds. The molecule has 0 atom stereocenters. The highest BCUT2D eigenvalue weighted by Crippen LogP contribution is 2.36. The topological polar surface area (TPSA) is 53.1 Å². The van der Waals surface area contributed by atoms with E-state index < -0.39 is 17.7 Å². The van der Waals surface area contributed by atoms with Crippen molar-refractivity contribution in [3.05, 3.63) is 35.5 Å². The number of hydrogen-bond acceptors (Lipinski definition) is 1. The van der Waals surface area contributed by atoms with Crippen LogP contribution in [0.5, 0.6) is 0 Å². The maximum atomic E-state index is 12.6. The summed E-state index contributed by atoms with van der Waals surface area (Å²) >= 11 is 0. The fourth-order valence-corrected chi connectivity index (χ4v) is 1.59. The molecule has 6 heteroatoms. The number of halogens is 3. The van der Waals surface area contributed by atoms with Crippen molar-refractivity contribution in [3.8, 4) is 0 Å². The molecule has 0 bridgehead atoms. The third-order valence-electron chi connectivity index (χ3n) is 2.24. The Morgan fingerprint density at radius 3 is 2.56 bits per heavy atom. The van der Waals surface area contributed by atoms with Crippen molar-refractivity contribution >= 4 is 16.9 Å². The molecule has 0 aliphatic heterocycles. The number of carboxylic acids is 1. The molecule has 1 aromatic carbocycles. The predicted molar refractivity (Wildman–Crippen MR) is 50.3 cm³/mol. The first-order valence-corrected chi connectivity index (χ1v) is 4.32. The Bertz CT molecular complexity index is 557. The number of nitrogens with one attached hydrogen (secondary N) is 1. The van der Waals surface area contributed by atoms with Crippen molar-refractivity contribution in [1.29, 1.82) is 0 Å². The second-order valence-corrected chi connectivity index (χ2v) is 3.23. The molecule has 2 rings (SSSR count). The third kappa shape index (κ3) is 1.52. The van der Waals surface area contributed by atoms with Crippen LogP contribution in [0.3, 0.4) is 0 Å². The first kappa shape index (κ1) is 10.5. The lowest BCUT2D eigenvalue weighted by molar-refractivity contribution is -0.136. The molecule has 3 nitrogen and oxygen atoms in total. The number of fused-ring (bicyclic) bond motifs is 1. The van der Waals surface area contributed by atoms with Gasteiger partial charge in [0, 0.05) is 17.1 Å². The fourth-order valence-electron chi connectivity index (χ4n) is 1.59. The van der Waals surface area contributed by atoms with Gasteiger partial charge in [-0.3, -0.25) is 0 Å². The van der Waals surface area contributed by atoms with Crippen LogP contribution in [0, 0.1) is 0 Å². The molecule has 1 heterocycles. The fraction of sp³-hybridized carbons (Fsp3) is 0.100. The van der Waals surface area contributed by atoms with Gasteiger partial charge in [0.2, 0.25) is 0 Å². The molecular formula is C10H6F3NO2. The van der Waals surface area contributed by atoms with Crippen LogP contribution in [0.4, 0.5) is 13.2 Å². The Labute approximate surface area is 87.5 Å². The Hall–Kier alpha value is -1.98. The quantitative estimate of drug-likeness (QED) is 0.789. The Morgan fingerprint density at radius 1 is 1.31 bits per heavy atom. The predicted octanol–water partition coefficient (Wildman–Crippen LogP) is 2.88. The smallest absolute Gasteiger partial charge is 0.418 e. The normalized spacial score (nSPS) is 11.9. The highest BCUT2D eigenvalue weighted by atomic mass is 19.4. The summed E-state index contributed by atoms with van der Waals surface area (Å²) in [6, 6.07) is 3.94. The Kier molecular flexibility index (Phi) is 2.15. The number of carboxylic acid groups (broad SMARTS) is 1. The summed E-state index contributed by atoms with van der Waals surface area (Å²) in [6.07, 6.45) is -3.79. The summed E-state index contributed by atoms with van der Waals surface area (Å²) in [5, 5.41) is 8.51. The Balaban J connectivity index is 2.83. The average Bonchev–Trinajstić information content (AvgIpc) is 2.59. The number of H-pyrrole nitrogens is 1. The van der Waals surface area contributed by atoms with Crippen LogP contribution in [-0.2, 0) is 6.18 Å². The minimum absolute atomic E-state index is 0.159. The number of aromatic amines is 1. The zero-order valence-electron chi connectivity index (χ0n) is 7.80. The molecule has 0 spiro atoms. The van der Waals surface area contributed by atoms with E-state index in [1.165, 1.54) is 12.1 Å². The zero-order valence-corrected chi connectivity index (χ0v) is 7.80. The van der Waals surface area contributed by atoms with E-state index in [4.69, 9.17) is 5.11 Å². The molecule has 84 valence electrons. The lowest BCUT2D eigenvalue weighted by Gasteiger charge is -2.05. The van der Waals surface area contributed by atoms with Gasteiger partial charge in [0.05, 0.1) is 11.1 Å². The van der Waals surface area contributed by atoms with Gasteiger partial charge >= 0.3 is 12.1 Å². The van der Waals surface area contributed by atoms with Gasteiger partial charge in [-0.1, -0.05) is 6.07 Å². The van der Waals surface area contributed by atoms with Gasteiger partial charge in [0.1, 0.15) is 0 Å². The van der Waals surface area contributed by atoms with Crippen LogP contribution in [-0.4, -0.2) is 16.1 Å². The summed E-state index contributed by atoms with van der Waals surface area (Å²) in [6.45, 7) is 0. The molecule has 1 aromatic heterocycles. The van der Waals surface area contributed by atoms with Gasteiger partial charge in [-0.2, -0.15) is 13.2 Å². The third-order valence-corrected chi connectivity index (χ3v) is 2.24. The first-order valence-electron chi connectivity index (χ1n) is 4.32.